The Balaban J connectivity index is 1.50. The molecule has 1 unspecified atom stereocenters. The summed E-state index contributed by atoms with van der Waals surface area (Å²) in [5, 5.41) is 11.6. The lowest BCUT2D eigenvalue weighted by atomic mass is 9.92. The molecule has 2 N–H and O–H groups in total. The first kappa shape index (κ1) is 25.3. The van der Waals surface area contributed by atoms with Gasteiger partial charge in [0.2, 0.25) is 5.91 Å². The molecule has 1 aliphatic carbocycles. The highest BCUT2D eigenvalue weighted by atomic mass is 16.5. The standard InChI is InChI=1S/C27H34N2O5/c1-18(2)19(15-25(30)29(3)14-8-13-26(31)32)16-28-27(33)34-17-24-22-11-6-4-9-20(22)21-10-5-7-12-23(21)24/h4-7,9-12,18-19,24H,8,13-17H2,1-3H3,(H,28,33)(H,31,32). The van der Waals surface area contributed by atoms with Gasteiger partial charge in [0.1, 0.15) is 6.61 Å². The van der Waals surface area contributed by atoms with Crippen LogP contribution in [0, 0.1) is 11.8 Å². The Kier molecular flexibility index (Phi) is 8.68. The smallest absolute Gasteiger partial charge is 0.407 e. The molecular formula is C27H34N2O5. The topological polar surface area (TPSA) is 95.9 Å². The van der Waals surface area contributed by atoms with Crippen molar-refractivity contribution >= 4 is 18.0 Å². The summed E-state index contributed by atoms with van der Waals surface area (Å²) >= 11 is 0. The van der Waals surface area contributed by atoms with Gasteiger partial charge in [-0.2, -0.15) is 0 Å². The molecule has 1 aliphatic rings. The van der Waals surface area contributed by atoms with Gasteiger partial charge in [-0.15, -0.1) is 0 Å². The van der Waals surface area contributed by atoms with Crippen LogP contribution in [-0.4, -0.2) is 54.7 Å². The summed E-state index contributed by atoms with van der Waals surface area (Å²) in [5.41, 5.74) is 4.68. The van der Waals surface area contributed by atoms with Gasteiger partial charge in [0.15, 0.2) is 0 Å². The van der Waals surface area contributed by atoms with E-state index < -0.39 is 12.1 Å². The third kappa shape index (κ3) is 6.37. The first-order valence-corrected chi connectivity index (χ1v) is 11.8. The summed E-state index contributed by atoms with van der Waals surface area (Å²) in [5.74, 6) is -0.785. The van der Waals surface area contributed by atoms with Crippen LogP contribution >= 0.6 is 0 Å². The van der Waals surface area contributed by atoms with Crippen molar-refractivity contribution in [2.75, 3.05) is 26.7 Å². The lowest BCUT2D eigenvalue weighted by Gasteiger charge is -2.24. The Morgan fingerprint density at radius 2 is 1.62 bits per heavy atom. The molecule has 0 aliphatic heterocycles. The van der Waals surface area contributed by atoms with Crippen LogP contribution in [0.25, 0.3) is 11.1 Å². The number of carbonyl (C=O) groups excluding carboxylic acids is 2. The van der Waals surface area contributed by atoms with Crippen molar-refractivity contribution in [3.05, 3.63) is 59.7 Å². The molecule has 34 heavy (non-hydrogen) atoms. The predicted octanol–water partition coefficient (Wildman–Crippen LogP) is 4.51. The molecule has 0 saturated carbocycles. The van der Waals surface area contributed by atoms with Crippen LogP contribution in [-0.2, 0) is 14.3 Å². The summed E-state index contributed by atoms with van der Waals surface area (Å²) in [6.45, 7) is 5.01. The molecule has 7 nitrogen and oxygen atoms in total. The Morgan fingerprint density at radius 1 is 1.03 bits per heavy atom. The molecule has 2 amide bonds. The number of ether oxygens (including phenoxy) is 1. The van der Waals surface area contributed by atoms with Crippen molar-refractivity contribution < 1.29 is 24.2 Å². The lowest BCUT2D eigenvalue weighted by Crippen LogP contribution is -2.36. The number of alkyl carbamates (subject to hydrolysis) is 1. The zero-order valence-corrected chi connectivity index (χ0v) is 20.1. The van der Waals surface area contributed by atoms with E-state index >= 15 is 0 Å². The van der Waals surface area contributed by atoms with Gasteiger partial charge in [0.05, 0.1) is 0 Å². The Bertz CT molecular complexity index is 974. The van der Waals surface area contributed by atoms with Gasteiger partial charge >= 0.3 is 12.1 Å². The van der Waals surface area contributed by atoms with E-state index in [9.17, 15) is 14.4 Å². The van der Waals surface area contributed by atoms with Crippen LogP contribution in [0.5, 0.6) is 0 Å². The molecule has 2 aromatic rings. The van der Waals surface area contributed by atoms with Crippen LogP contribution in [0.2, 0.25) is 0 Å². The van der Waals surface area contributed by atoms with E-state index in [1.54, 1.807) is 11.9 Å². The Hall–Kier alpha value is -3.35. The molecule has 0 saturated heterocycles. The number of fused-ring (bicyclic) bond motifs is 3. The monoisotopic (exact) mass is 466 g/mol. The number of rotatable bonds is 11. The molecule has 0 heterocycles. The highest BCUT2D eigenvalue weighted by molar-refractivity contribution is 5.79. The molecule has 2 aromatic carbocycles. The number of carboxylic acid groups (broad SMARTS) is 1. The number of hydrogen-bond donors (Lipinski definition) is 2. The summed E-state index contributed by atoms with van der Waals surface area (Å²) in [6.07, 6.45) is 0.247. The molecule has 0 spiro atoms. The van der Waals surface area contributed by atoms with E-state index in [1.165, 1.54) is 11.1 Å². The second-order valence-corrected chi connectivity index (χ2v) is 9.23. The van der Waals surface area contributed by atoms with Gasteiger partial charge in [0, 0.05) is 38.9 Å². The summed E-state index contributed by atoms with van der Waals surface area (Å²) < 4.78 is 5.60. The number of carboxylic acids is 1. The average Bonchev–Trinajstić information content (AvgIpc) is 3.13. The maximum absolute atomic E-state index is 12.5. The highest BCUT2D eigenvalue weighted by Crippen LogP contribution is 2.44. The number of nitrogens with one attached hydrogen (secondary N) is 1. The number of carbonyl (C=O) groups is 3. The maximum Gasteiger partial charge on any atom is 0.407 e. The third-order valence-corrected chi connectivity index (χ3v) is 6.54. The zero-order chi connectivity index (χ0) is 24.7. The predicted molar refractivity (Wildman–Crippen MR) is 131 cm³/mol. The number of hydrogen-bond acceptors (Lipinski definition) is 4. The normalized spacial score (nSPS) is 13.2. The molecular weight excluding hydrogens is 432 g/mol. The minimum absolute atomic E-state index is 0.0000698. The van der Waals surface area contributed by atoms with E-state index in [0.717, 1.165) is 11.1 Å². The van der Waals surface area contributed by atoms with Crippen molar-refractivity contribution in [3.8, 4) is 11.1 Å². The van der Waals surface area contributed by atoms with Crippen molar-refractivity contribution in [2.45, 2.75) is 39.0 Å². The van der Waals surface area contributed by atoms with Crippen molar-refractivity contribution in [1.29, 1.82) is 0 Å². The van der Waals surface area contributed by atoms with E-state index in [2.05, 4.69) is 29.6 Å². The second-order valence-electron chi connectivity index (χ2n) is 9.23. The summed E-state index contributed by atoms with van der Waals surface area (Å²) in [6, 6.07) is 16.4. The van der Waals surface area contributed by atoms with Gasteiger partial charge in [-0.05, 0) is 40.5 Å². The summed E-state index contributed by atoms with van der Waals surface area (Å²) in [7, 11) is 1.68. The first-order valence-electron chi connectivity index (χ1n) is 11.8. The van der Waals surface area contributed by atoms with E-state index in [4.69, 9.17) is 9.84 Å². The Morgan fingerprint density at radius 3 is 2.18 bits per heavy atom. The number of aliphatic carboxylic acids is 1. The van der Waals surface area contributed by atoms with Crippen LogP contribution in [0.1, 0.15) is 50.2 Å². The molecule has 7 heteroatoms. The summed E-state index contributed by atoms with van der Waals surface area (Å²) in [4.78, 5) is 37.3. The fourth-order valence-corrected chi connectivity index (χ4v) is 4.38. The minimum Gasteiger partial charge on any atom is -0.481 e. The zero-order valence-electron chi connectivity index (χ0n) is 20.1. The SMILES string of the molecule is CC(C)C(CNC(=O)OCC1c2ccccc2-c2ccccc21)CC(=O)N(C)CCCC(=O)O. The molecule has 0 fully saturated rings. The fourth-order valence-electron chi connectivity index (χ4n) is 4.38. The fraction of sp³-hybridized carbons (Fsp3) is 0.444. The number of benzene rings is 2. The van der Waals surface area contributed by atoms with Crippen molar-refractivity contribution in [3.63, 3.8) is 0 Å². The lowest BCUT2D eigenvalue weighted by molar-refractivity contribution is -0.138. The number of amides is 2. The van der Waals surface area contributed by atoms with Gasteiger partial charge in [-0.1, -0.05) is 62.4 Å². The van der Waals surface area contributed by atoms with E-state index in [0.29, 0.717) is 19.5 Å². The van der Waals surface area contributed by atoms with Crippen LogP contribution in [0.3, 0.4) is 0 Å². The van der Waals surface area contributed by atoms with Crippen LogP contribution in [0.15, 0.2) is 48.5 Å². The minimum atomic E-state index is -0.867. The molecule has 0 bridgehead atoms. The van der Waals surface area contributed by atoms with Crippen LogP contribution < -0.4 is 5.32 Å². The first-order chi connectivity index (χ1) is 16.3. The average molecular weight is 467 g/mol. The van der Waals surface area contributed by atoms with Crippen molar-refractivity contribution in [1.82, 2.24) is 10.2 Å². The van der Waals surface area contributed by atoms with Gasteiger partial charge in [-0.25, -0.2) is 4.79 Å². The third-order valence-electron chi connectivity index (χ3n) is 6.54. The maximum atomic E-state index is 12.5. The number of nitrogens with zero attached hydrogens (tertiary/aromatic N) is 1. The van der Waals surface area contributed by atoms with E-state index in [1.807, 2.05) is 38.1 Å². The van der Waals surface area contributed by atoms with Gasteiger partial charge in [0.25, 0.3) is 0 Å². The van der Waals surface area contributed by atoms with Gasteiger partial charge in [-0.3, -0.25) is 9.59 Å². The van der Waals surface area contributed by atoms with E-state index in [-0.39, 0.29) is 43.1 Å². The van der Waals surface area contributed by atoms with Crippen LogP contribution in [0.4, 0.5) is 4.79 Å². The molecule has 1 atom stereocenters. The molecule has 182 valence electrons. The highest BCUT2D eigenvalue weighted by Gasteiger charge is 2.29. The quantitative estimate of drug-likeness (QED) is 0.508. The largest absolute Gasteiger partial charge is 0.481 e. The molecule has 0 radical (unpaired) electrons. The second kappa shape index (κ2) is 11.7. The molecule has 0 aromatic heterocycles. The van der Waals surface area contributed by atoms with Gasteiger partial charge < -0.3 is 20.1 Å². The van der Waals surface area contributed by atoms with Crippen molar-refractivity contribution in [2.24, 2.45) is 11.8 Å². The molecule has 3 rings (SSSR count). The Labute approximate surface area is 201 Å².